The molecule has 1 aromatic carbocycles. The van der Waals surface area contributed by atoms with Crippen molar-refractivity contribution in [3.63, 3.8) is 0 Å². The Morgan fingerprint density at radius 1 is 1.29 bits per heavy atom. The second-order valence-electron chi connectivity index (χ2n) is 4.34. The van der Waals surface area contributed by atoms with Crippen molar-refractivity contribution < 1.29 is 8.42 Å². The number of nitrogens with one attached hydrogen (secondary N) is 1. The van der Waals surface area contributed by atoms with E-state index in [1.54, 1.807) is 12.3 Å². The lowest BCUT2D eigenvalue weighted by atomic mass is 10.2. The van der Waals surface area contributed by atoms with Crippen LogP contribution in [0.25, 0.3) is 0 Å². The van der Waals surface area contributed by atoms with Gasteiger partial charge in [-0.2, -0.15) is 5.26 Å². The lowest BCUT2D eigenvalue weighted by molar-refractivity contribution is 0.581. The van der Waals surface area contributed by atoms with E-state index in [-0.39, 0.29) is 17.0 Å². The fourth-order valence-corrected chi connectivity index (χ4v) is 2.97. The van der Waals surface area contributed by atoms with Crippen LogP contribution in [0.5, 0.6) is 0 Å². The Labute approximate surface area is 123 Å². The topological polar surface area (TPSA) is 109 Å². The predicted molar refractivity (Wildman–Crippen MR) is 78.7 cm³/mol. The average Bonchev–Trinajstić information content (AvgIpc) is 2.47. The van der Waals surface area contributed by atoms with E-state index in [4.69, 9.17) is 11.0 Å². The van der Waals surface area contributed by atoms with Crippen LogP contribution in [-0.4, -0.2) is 19.9 Å². The predicted octanol–water partition coefficient (Wildman–Crippen LogP) is 1.06. The smallest absolute Gasteiger partial charge is 0.241 e. The fraction of sp³-hybridized carbons (Fsp3) is 0.143. The van der Waals surface area contributed by atoms with Crippen molar-refractivity contribution in [2.24, 2.45) is 0 Å². The van der Waals surface area contributed by atoms with E-state index >= 15 is 0 Å². The molecular formula is C14H14N4O2S. The number of hydrogen-bond donors (Lipinski definition) is 2. The molecule has 0 aliphatic rings. The third-order valence-corrected chi connectivity index (χ3v) is 4.33. The van der Waals surface area contributed by atoms with Gasteiger partial charge in [-0.05, 0) is 30.3 Å². The van der Waals surface area contributed by atoms with Crippen LogP contribution in [0.1, 0.15) is 11.3 Å². The number of pyridine rings is 1. The number of nitriles is 1. The number of aromatic nitrogens is 1. The summed E-state index contributed by atoms with van der Waals surface area (Å²) in [5.41, 5.74) is 6.71. The van der Waals surface area contributed by atoms with Crippen LogP contribution in [-0.2, 0) is 16.4 Å². The van der Waals surface area contributed by atoms with E-state index in [1.807, 2.05) is 18.2 Å². The molecule has 1 aromatic heterocycles. The highest BCUT2D eigenvalue weighted by atomic mass is 32.2. The summed E-state index contributed by atoms with van der Waals surface area (Å²) in [5, 5.41) is 9.00. The molecular weight excluding hydrogens is 288 g/mol. The fourth-order valence-electron chi connectivity index (χ4n) is 1.81. The number of nitrogens with zero attached hydrogens (tertiary/aromatic N) is 2. The maximum Gasteiger partial charge on any atom is 0.241 e. The second-order valence-corrected chi connectivity index (χ2v) is 6.07. The Morgan fingerprint density at radius 3 is 2.76 bits per heavy atom. The highest BCUT2D eigenvalue weighted by Crippen LogP contribution is 2.17. The van der Waals surface area contributed by atoms with Crippen molar-refractivity contribution in [2.75, 3.05) is 12.3 Å². The first-order chi connectivity index (χ1) is 10.0. The Morgan fingerprint density at radius 2 is 2.10 bits per heavy atom. The molecule has 6 nitrogen and oxygen atoms in total. The first-order valence-electron chi connectivity index (χ1n) is 6.22. The number of anilines is 1. The first kappa shape index (κ1) is 15.0. The number of rotatable bonds is 5. The molecule has 0 amide bonds. The molecule has 0 spiro atoms. The second kappa shape index (κ2) is 6.35. The molecule has 3 N–H and O–H groups in total. The van der Waals surface area contributed by atoms with E-state index in [0.717, 1.165) is 5.69 Å². The maximum atomic E-state index is 12.2. The first-order valence-corrected chi connectivity index (χ1v) is 7.70. The van der Waals surface area contributed by atoms with Gasteiger partial charge in [0.1, 0.15) is 6.07 Å². The lowest BCUT2D eigenvalue weighted by Gasteiger charge is -2.08. The van der Waals surface area contributed by atoms with Gasteiger partial charge in [-0.1, -0.05) is 6.07 Å². The van der Waals surface area contributed by atoms with Crippen molar-refractivity contribution in [3.05, 3.63) is 53.9 Å². The molecule has 0 atom stereocenters. The summed E-state index contributed by atoms with van der Waals surface area (Å²) in [4.78, 5) is 4.04. The minimum absolute atomic E-state index is 0.0281. The minimum atomic E-state index is -3.75. The Kier molecular flexibility index (Phi) is 4.52. The summed E-state index contributed by atoms with van der Waals surface area (Å²) < 4.78 is 26.8. The molecule has 0 fully saturated rings. The molecule has 0 radical (unpaired) electrons. The minimum Gasteiger partial charge on any atom is -0.399 e. The Bertz CT molecular complexity index is 767. The molecule has 7 heteroatoms. The van der Waals surface area contributed by atoms with E-state index < -0.39 is 10.0 Å². The van der Waals surface area contributed by atoms with E-state index in [0.29, 0.717) is 12.1 Å². The third-order valence-electron chi connectivity index (χ3n) is 2.81. The van der Waals surface area contributed by atoms with Gasteiger partial charge in [0.2, 0.25) is 10.0 Å². The van der Waals surface area contributed by atoms with E-state index in [2.05, 4.69) is 9.71 Å². The SMILES string of the molecule is N#Cc1cc(N)ccc1S(=O)(=O)NCCc1ccccn1. The zero-order chi connectivity index (χ0) is 15.3. The average molecular weight is 302 g/mol. The van der Waals surface area contributed by atoms with Crippen molar-refractivity contribution in [2.45, 2.75) is 11.3 Å². The normalized spacial score (nSPS) is 11.0. The van der Waals surface area contributed by atoms with Crippen LogP contribution in [0.2, 0.25) is 0 Å². The summed E-state index contributed by atoms with van der Waals surface area (Å²) in [6.07, 6.45) is 2.12. The molecule has 1 heterocycles. The third kappa shape index (κ3) is 3.78. The van der Waals surface area contributed by atoms with Crippen LogP contribution in [0, 0.1) is 11.3 Å². The number of benzene rings is 1. The van der Waals surface area contributed by atoms with Crippen molar-refractivity contribution >= 4 is 15.7 Å². The van der Waals surface area contributed by atoms with Crippen molar-refractivity contribution in [1.29, 1.82) is 5.26 Å². The molecule has 2 rings (SSSR count). The summed E-state index contributed by atoms with van der Waals surface area (Å²) >= 11 is 0. The van der Waals surface area contributed by atoms with Gasteiger partial charge in [-0.15, -0.1) is 0 Å². The molecule has 21 heavy (non-hydrogen) atoms. The van der Waals surface area contributed by atoms with Gasteiger partial charge < -0.3 is 5.73 Å². The van der Waals surface area contributed by atoms with E-state index in [9.17, 15) is 8.42 Å². The van der Waals surface area contributed by atoms with Gasteiger partial charge in [0.25, 0.3) is 0 Å². The summed E-state index contributed by atoms with van der Waals surface area (Å²) in [6, 6.07) is 11.4. The molecule has 108 valence electrons. The van der Waals surface area contributed by atoms with Gasteiger partial charge in [0, 0.05) is 30.5 Å². The summed E-state index contributed by atoms with van der Waals surface area (Å²) in [7, 11) is -3.75. The Hall–Kier alpha value is -2.43. The standard InChI is InChI=1S/C14H14N4O2S/c15-10-11-9-12(16)4-5-14(11)21(19,20)18-8-6-13-3-1-2-7-17-13/h1-5,7,9,18H,6,8,16H2. The van der Waals surface area contributed by atoms with Gasteiger partial charge in [0.05, 0.1) is 10.5 Å². The van der Waals surface area contributed by atoms with Crippen LogP contribution in [0.15, 0.2) is 47.5 Å². The van der Waals surface area contributed by atoms with Crippen LogP contribution in [0.3, 0.4) is 0 Å². The van der Waals surface area contributed by atoms with E-state index in [1.165, 1.54) is 18.2 Å². The molecule has 2 aromatic rings. The van der Waals surface area contributed by atoms with Crippen molar-refractivity contribution in [1.82, 2.24) is 9.71 Å². The summed E-state index contributed by atoms with van der Waals surface area (Å²) in [6.45, 7) is 0.203. The largest absolute Gasteiger partial charge is 0.399 e. The maximum absolute atomic E-state index is 12.2. The van der Waals surface area contributed by atoms with Crippen LogP contribution in [0.4, 0.5) is 5.69 Å². The van der Waals surface area contributed by atoms with Crippen LogP contribution >= 0.6 is 0 Å². The molecule has 0 saturated carbocycles. The zero-order valence-corrected chi connectivity index (χ0v) is 12.0. The summed E-state index contributed by atoms with van der Waals surface area (Å²) in [5.74, 6) is 0. The molecule has 0 unspecified atom stereocenters. The highest BCUT2D eigenvalue weighted by molar-refractivity contribution is 7.89. The van der Waals surface area contributed by atoms with Gasteiger partial charge in [0.15, 0.2) is 0 Å². The number of nitrogens with two attached hydrogens (primary N) is 1. The monoisotopic (exact) mass is 302 g/mol. The van der Waals surface area contributed by atoms with Gasteiger partial charge in [-0.3, -0.25) is 4.98 Å². The van der Waals surface area contributed by atoms with Crippen molar-refractivity contribution in [3.8, 4) is 6.07 Å². The lowest BCUT2D eigenvalue weighted by Crippen LogP contribution is -2.27. The quantitative estimate of drug-likeness (QED) is 0.803. The molecule has 0 saturated heterocycles. The number of hydrogen-bond acceptors (Lipinski definition) is 5. The molecule has 0 aliphatic heterocycles. The highest BCUT2D eigenvalue weighted by Gasteiger charge is 2.18. The molecule has 0 aliphatic carbocycles. The van der Waals surface area contributed by atoms with Crippen LogP contribution < -0.4 is 10.5 Å². The molecule has 0 bridgehead atoms. The zero-order valence-electron chi connectivity index (χ0n) is 11.2. The number of sulfonamides is 1. The number of nitrogen functional groups attached to an aromatic ring is 1. The Balaban J connectivity index is 2.11. The van der Waals surface area contributed by atoms with Gasteiger partial charge >= 0.3 is 0 Å². The van der Waals surface area contributed by atoms with Gasteiger partial charge in [-0.25, -0.2) is 13.1 Å².